The lowest BCUT2D eigenvalue weighted by molar-refractivity contribution is -0.115. The van der Waals surface area contributed by atoms with Gasteiger partial charge in [-0.05, 0) is 48.1 Å². The number of ether oxygens (including phenoxy) is 1. The van der Waals surface area contributed by atoms with Crippen molar-refractivity contribution in [2.75, 3.05) is 19.0 Å². The standard InChI is InChI=1S/C21H21N3O3S/c1-3-14-22-20(26)17-6-4-5-7-18(17)23-21(28)24-19(25)13-10-15-8-11-16(27-2)12-9-15/h3-13H,1,14H2,2H3,(H,22,26)(H2,23,24,25,28)/b13-10+. The van der Waals surface area contributed by atoms with Gasteiger partial charge in [0, 0.05) is 12.6 Å². The zero-order valence-electron chi connectivity index (χ0n) is 15.4. The van der Waals surface area contributed by atoms with Crippen LogP contribution in [0, 0.1) is 0 Å². The molecule has 0 radical (unpaired) electrons. The number of rotatable bonds is 7. The van der Waals surface area contributed by atoms with E-state index in [4.69, 9.17) is 17.0 Å². The molecule has 0 saturated carbocycles. The number of hydrogen-bond acceptors (Lipinski definition) is 4. The molecule has 2 rings (SSSR count). The van der Waals surface area contributed by atoms with Gasteiger partial charge in [0.1, 0.15) is 5.75 Å². The lowest BCUT2D eigenvalue weighted by Crippen LogP contribution is -2.34. The Morgan fingerprint density at radius 2 is 1.86 bits per heavy atom. The fourth-order valence-corrected chi connectivity index (χ4v) is 2.45. The summed E-state index contributed by atoms with van der Waals surface area (Å²) in [5.41, 5.74) is 1.75. The van der Waals surface area contributed by atoms with Crippen LogP contribution < -0.4 is 20.7 Å². The van der Waals surface area contributed by atoms with Crippen molar-refractivity contribution in [3.63, 3.8) is 0 Å². The van der Waals surface area contributed by atoms with E-state index in [0.29, 0.717) is 17.8 Å². The van der Waals surface area contributed by atoms with Crippen molar-refractivity contribution in [2.24, 2.45) is 0 Å². The molecule has 0 aliphatic heterocycles. The lowest BCUT2D eigenvalue weighted by Gasteiger charge is -2.12. The van der Waals surface area contributed by atoms with E-state index in [9.17, 15) is 9.59 Å². The van der Waals surface area contributed by atoms with Crippen LogP contribution in [0.3, 0.4) is 0 Å². The summed E-state index contributed by atoms with van der Waals surface area (Å²) in [6.45, 7) is 3.92. The van der Waals surface area contributed by atoms with Gasteiger partial charge in [-0.1, -0.05) is 30.3 Å². The Morgan fingerprint density at radius 1 is 1.14 bits per heavy atom. The third-order valence-corrected chi connectivity index (χ3v) is 3.81. The second-order valence-electron chi connectivity index (χ2n) is 5.59. The summed E-state index contributed by atoms with van der Waals surface area (Å²) in [6.07, 6.45) is 4.63. The van der Waals surface area contributed by atoms with E-state index >= 15 is 0 Å². The molecule has 0 bridgehead atoms. The van der Waals surface area contributed by atoms with Crippen LogP contribution in [0.15, 0.2) is 67.3 Å². The van der Waals surface area contributed by atoms with Crippen LogP contribution in [-0.4, -0.2) is 30.6 Å². The van der Waals surface area contributed by atoms with Gasteiger partial charge in [0.05, 0.1) is 18.4 Å². The maximum absolute atomic E-state index is 12.2. The number of nitrogens with one attached hydrogen (secondary N) is 3. The molecule has 2 aromatic rings. The van der Waals surface area contributed by atoms with E-state index in [2.05, 4.69) is 22.5 Å². The summed E-state index contributed by atoms with van der Waals surface area (Å²) >= 11 is 5.17. The Labute approximate surface area is 169 Å². The molecule has 0 spiro atoms. The number of para-hydroxylation sites is 1. The van der Waals surface area contributed by atoms with E-state index in [0.717, 1.165) is 11.3 Å². The second kappa shape index (κ2) is 10.6. The highest BCUT2D eigenvalue weighted by molar-refractivity contribution is 7.80. The van der Waals surface area contributed by atoms with Crippen LogP contribution in [0.2, 0.25) is 0 Å². The minimum absolute atomic E-state index is 0.0911. The largest absolute Gasteiger partial charge is 0.497 e. The highest BCUT2D eigenvalue weighted by atomic mass is 32.1. The number of thiocarbonyl (C=S) groups is 1. The third kappa shape index (κ3) is 6.37. The minimum Gasteiger partial charge on any atom is -0.497 e. The number of carbonyl (C=O) groups excluding carboxylic acids is 2. The Balaban J connectivity index is 1.96. The number of anilines is 1. The summed E-state index contributed by atoms with van der Waals surface area (Å²) in [4.78, 5) is 24.2. The van der Waals surface area contributed by atoms with Gasteiger partial charge in [0.15, 0.2) is 5.11 Å². The van der Waals surface area contributed by atoms with Gasteiger partial charge in [0.25, 0.3) is 5.91 Å². The first-order valence-corrected chi connectivity index (χ1v) is 8.86. The predicted octanol–water partition coefficient (Wildman–Crippen LogP) is 3.14. The average molecular weight is 395 g/mol. The number of benzene rings is 2. The summed E-state index contributed by atoms with van der Waals surface area (Å²) in [6, 6.07) is 14.1. The molecule has 0 saturated heterocycles. The molecule has 0 fully saturated rings. The summed E-state index contributed by atoms with van der Waals surface area (Å²) in [5.74, 6) is 0.0845. The topological polar surface area (TPSA) is 79.5 Å². The molecule has 2 aromatic carbocycles. The van der Waals surface area contributed by atoms with Gasteiger partial charge in [-0.25, -0.2) is 0 Å². The van der Waals surface area contributed by atoms with Crippen LogP contribution in [0.5, 0.6) is 5.75 Å². The Morgan fingerprint density at radius 3 is 2.54 bits per heavy atom. The van der Waals surface area contributed by atoms with E-state index in [1.807, 2.05) is 12.1 Å². The maximum atomic E-state index is 12.2. The molecule has 0 heterocycles. The number of carbonyl (C=O) groups is 2. The molecule has 0 aliphatic carbocycles. The van der Waals surface area contributed by atoms with Crippen LogP contribution in [0.25, 0.3) is 6.08 Å². The van der Waals surface area contributed by atoms with Gasteiger partial charge in [0.2, 0.25) is 5.91 Å². The average Bonchev–Trinajstić information content (AvgIpc) is 2.71. The molecule has 144 valence electrons. The van der Waals surface area contributed by atoms with Crippen molar-refractivity contribution in [2.45, 2.75) is 0 Å². The van der Waals surface area contributed by atoms with Crippen molar-refractivity contribution in [3.8, 4) is 5.75 Å². The third-order valence-electron chi connectivity index (χ3n) is 3.61. The first-order chi connectivity index (χ1) is 13.5. The fourth-order valence-electron chi connectivity index (χ4n) is 2.24. The van der Waals surface area contributed by atoms with Crippen molar-refractivity contribution in [1.29, 1.82) is 0 Å². The zero-order valence-corrected chi connectivity index (χ0v) is 16.2. The summed E-state index contributed by atoms with van der Waals surface area (Å²) in [7, 11) is 1.59. The molecule has 7 heteroatoms. The number of hydrogen-bond donors (Lipinski definition) is 3. The quantitative estimate of drug-likeness (QED) is 0.381. The molecular weight excluding hydrogens is 374 g/mol. The summed E-state index contributed by atoms with van der Waals surface area (Å²) in [5, 5.41) is 8.22. The SMILES string of the molecule is C=CCNC(=O)c1ccccc1NC(=S)NC(=O)/C=C/c1ccc(OC)cc1. The van der Waals surface area contributed by atoms with Crippen LogP contribution in [0.4, 0.5) is 5.69 Å². The second-order valence-corrected chi connectivity index (χ2v) is 6.00. The predicted molar refractivity (Wildman–Crippen MR) is 115 cm³/mol. The number of amides is 2. The fraction of sp³-hybridized carbons (Fsp3) is 0.0952. The first-order valence-electron chi connectivity index (χ1n) is 8.45. The van der Waals surface area contributed by atoms with E-state index in [-0.39, 0.29) is 16.9 Å². The van der Waals surface area contributed by atoms with Crippen LogP contribution >= 0.6 is 12.2 Å². The number of methoxy groups -OCH3 is 1. The molecule has 0 aromatic heterocycles. The maximum Gasteiger partial charge on any atom is 0.253 e. The van der Waals surface area contributed by atoms with Gasteiger partial charge >= 0.3 is 0 Å². The van der Waals surface area contributed by atoms with Gasteiger partial charge < -0.3 is 15.4 Å². The first kappa shape index (κ1) is 20.9. The molecule has 0 unspecified atom stereocenters. The Hall–Kier alpha value is -3.45. The molecule has 0 aliphatic rings. The van der Waals surface area contributed by atoms with Crippen molar-refractivity contribution in [1.82, 2.24) is 10.6 Å². The Kier molecular flexibility index (Phi) is 7.92. The monoisotopic (exact) mass is 395 g/mol. The smallest absolute Gasteiger partial charge is 0.253 e. The highest BCUT2D eigenvalue weighted by Gasteiger charge is 2.11. The minimum atomic E-state index is -0.387. The van der Waals surface area contributed by atoms with E-state index < -0.39 is 0 Å². The summed E-state index contributed by atoms with van der Waals surface area (Å²) < 4.78 is 5.09. The molecule has 2 amide bonds. The van der Waals surface area contributed by atoms with Crippen molar-refractivity contribution in [3.05, 3.63) is 78.4 Å². The molecule has 28 heavy (non-hydrogen) atoms. The molecular formula is C21H21N3O3S. The Bertz CT molecular complexity index is 892. The lowest BCUT2D eigenvalue weighted by atomic mass is 10.1. The van der Waals surface area contributed by atoms with Crippen LogP contribution in [-0.2, 0) is 4.79 Å². The zero-order chi connectivity index (χ0) is 20.4. The van der Waals surface area contributed by atoms with E-state index in [1.54, 1.807) is 55.7 Å². The van der Waals surface area contributed by atoms with Gasteiger partial charge in [-0.2, -0.15) is 0 Å². The van der Waals surface area contributed by atoms with Crippen LogP contribution in [0.1, 0.15) is 15.9 Å². The van der Waals surface area contributed by atoms with E-state index in [1.165, 1.54) is 6.08 Å². The van der Waals surface area contributed by atoms with Gasteiger partial charge in [-0.3, -0.25) is 14.9 Å². The highest BCUT2D eigenvalue weighted by Crippen LogP contribution is 2.15. The molecule has 0 atom stereocenters. The van der Waals surface area contributed by atoms with Crippen molar-refractivity contribution < 1.29 is 14.3 Å². The molecule has 3 N–H and O–H groups in total. The normalized spacial score (nSPS) is 10.2. The molecule has 6 nitrogen and oxygen atoms in total. The van der Waals surface area contributed by atoms with Gasteiger partial charge in [-0.15, -0.1) is 6.58 Å². The van der Waals surface area contributed by atoms with Crippen molar-refractivity contribution >= 4 is 40.9 Å².